The summed E-state index contributed by atoms with van der Waals surface area (Å²) in [7, 11) is 2.04. The third-order valence-electron chi connectivity index (χ3n) is 4.83. The highest BCUT2D eigenvalue weighted by molar-refractivity contribution is 5.85. The Labute approximate surface area is 144 Å². The number of aromatic nitrogens is 2. The molecular formula is C16H28ClN5O. The molecule has 0 radical (unpaired) electrons. The van der Waals surface area contributed by atoms with Gasteiger partial charge in [-0.1, -0.05) is 0 Å². The highest BCUT2D eigenvalue weighted by Gasteiger charge is 2.25. The van der Waals surface area contributed by atoms with Gasteiger partial charge in [-0.15, -0.1) is 12.4 Å². The van der Waals surface area contributed by atoms with E-state index in [0.717, 1.165) is 51.4 Å². The maximum atomic E-state index is 12.1. The van der Waals surface area contributed by atoms with Crippen LogP contribution in [0.4, 0.5) is 0 Å². The number of nitrogens with one attached hydrogen (secondary N) is 2. The number of imidazole rings is 1. The van der Waals surface area contributed by atoms with Crippen molar-refractivity contribution in [3.8, 4) is 0 Å². The third-order valence-corrected chi connectivity index (χ3v) is 4.83. The van der Waals surface area contributed by atoms with Crippen LogP contribution in [0.5, 0.6) is 0 Å². The molecular weight excluding hydrogens is 314 g/mol. The molecule has 1 aromatic rings. The lowest BCUT2D eigenvalue weighted by atomic mass is 9.98. The van der Waals surface area contributed by atoms with Crippen molar-refractivity contribution in [3.63, 3.8) is 0 Å². The molecule has 2 fully saturated rings. The number of halogens is 1. The van der Waals surface area contributed by atoms with E-state index >= 15 is 0 Å². The molecule has 0 aromatic carbocycles. The van der Waals surface area contributed by atoms with Gasteiger partial charge in [-0.2, -0.15) is 0 Å². The summed E-state index contributed by atoms with van der Waals surface area (Å²) in [4.78, 5) is 18.9. The van der Waals surface area contributed by atoms with Gasteiger partial charge in [0.25, 0.3) is 0 Å². The molecule has 0 saturated carbocycles. The third kappa shape index (κ3) is 4.93. The number of hydrogen-bond donors (Lipinski definition) is 2. The Morgan fingerprint density at radius 2 is 2.30 bits per heavy atom. The Morgan fingerprint density at radius 1 is 1.43 bits per heavy atom. The Balaban J connectivity index is 0.00000192. The van der Waals surface area contributed by atoms with Crippen molar-refractivity contribution in [2.24, 2.45) is 13.0 Å². The highest BCUT2D eigenvalue weighted by Crippen LogP contribution is 2.17. The summed E-state index contributed by atoms with van der Waals surface area (Å²) in [5, 5.41) is 6.39. The first-order chi connectivity index (χ1) is 10.7. The number of nitrogens with zero attached hydrogens (tertiary/aromatic N) is 3. The molecule has 2 aliphatic rings. The largest absolute Gasteiger partial charge is 0.354 e. The van der Waals surface area contributed by atoms with Crippen LogP contribution in [-0.4, -0.2) is 52.6 Å². The van der Waals surface area contributed by atoms with E-state index in [-0.39, 0.29) is 24.4 Å². The number of piperidine rings is 1. The van der Waals surface area contributed by atoms with E-state index in [2.05, 4.69) is 25.1 Å². The summed E-state index contributed by atoms with van der Waals surface area (Å²) < 4.78 is 2.08. The number of amides is 1. The Hall–Kier alpha value is -1.11. The molecule has 0 aliphatic carbocycles. The summed E-state index contributed by atoms with van der Waals surface area (Å²) >= 11 is 0. The van der Waals surface area contributed by atoms with Crippen LogP contribution in [0.2, 0.25) is 0 Å². The highest BCUT2D eigenvalue weighted by atomic mass is 35.5. The van der Waals surface area contributed by atoms with E-state index in [0.29, 0.717) is 5.92 Å². The molecule has 3 heterocycles. The van der Waals surface area contributed by atoms with E-state index in [9.17, 15) is 4.79 Å². The first-order valence-electron chi connectivity index (χ1n) is 8.42. The minimum absolute atomic E-state index is 0. The van der Waals surface area contributed by atoms with Crippen LogP contribution in [-0.2, 0) is 18.4 Å². The fraction of sp³-hybridized carbons (Fsp3) is 0.750. The van der Waals surface area contributed by atoms with Gasteiger partial charge >= 0.3 is 0 Å². The van der Waals surface area contributed by atoms with Gasteiger partial charge in [0.15, 0.2) is 0 Å². The maximum absolute atomic E-state index is 12.1. The van der Waals surface area contributed by atoms with Crippen LogP contribution in [0.15, 0.2) is 12.4 Å². The first kappa shape index (κ1) is 18.2. The van der Waals surface area contributed by atoms with Gasteiger partial charge in [0, 0.05) is 32.5 Å². The lowest BCUT2D eigenvalue weighted by Crippen LogP contribution is -2.45. The van der Waals surface area contributed by atoms with Crippen LogP contribution < -0.4 is 10.6 Å². The summed E-state index contributed by atoms with van der Waals surface area (Å²) in [6.07, 6.45) is 8.33. The molecule has 6 nitrogen and oxygen atoms in total. The smallest absolute Gasteiger partial charge is 0.237 e. The topological polar surface area (TPSA) is 62.2 Å². The Morgan fingerprint density at radius 3 is 3.00 bits per heavy atom. The van der Waals surface area contributed by atoms with E-state index in [4.69, 9.17) is 0 Å². The van der Waals surface area contributed by atoms with Crippen molar-refractivity contribution >= 4 is 18.3 Å². The standard InChI is InChI=1S/C16H27N5O.ClH/c1-20-9-7-18-15(20)12-21-8-3-4-13(11-21)10-19-16(22)14-5-2-6-17-14;/h7,9,13-14,17H,2-6,8,10-12H2,1H3,(H,19,22);1H. The van der Waals surface area contributed by atoms with Crippen LogP contribution >= 0.6 is 12.4 Å². The van der Waals surface area contributed by atoms with Gasteiger partial charge in [0.1, 0.15) is 5.82 Å². The lowest BCUT2D eigenvalue weighted by molar-refractivity contribution is -0.123. The molecule has 1 amide bonds. The van der Waals surface area contributed by atoms with Gasteiger partial charge in [0.05, 0.1) is 12.6 Å². The van der Waals surface area contributed by atoms with Crippen molar-refractivity contribution in [2.75, 3.05) is 26.2 Å². The minimum atomic E-state index is 0. The van der Waals surface area contributed by atoms with Crippen LogP contribution in [0.3, 0.4) is 0 Å². The predicted octanol–water partition coefficient (Wildman–Crippen LogP) is 0.922. The summed E-state index contributed by atoms with van der Waals surface area (Å²) in [6, 6.07) is 0.0345. The van der Waals surface area contributed by atoms with E-state index in [1.54, 1.807) is 0 Å². The van der Waals surface area contributed by atoms with Crippen molar-refractivity contribution < 1.29 is 4.79 Å². The zero-order valence-electron chi connectivity index (χ0n) is 13.8. The predicted molar refractivity (Wildman–Crippen MR) is 92.5 cm³/mol. The fourth-order valence-electron chi connectivity index (χ4n) is 3.49. The lowest BCUT2D eigenvalue weighted by Gasteiger charge is -2.32. The fourth-order valence-corrected chi connectivity index (χ4v) is 3.49. The van der Waals surface area contributed by atoms with E-state index in [1.165, 1.54) is 12.8 Å². The normalized spacial score (nSPS) is 25.1. The molecule has 0 bridgehead atoms. The molecule has 2 atom stereocenters. The SMILES string of the molecule is Cl.Cn1ccnc1CN1CCCC(CNC(=O)C2CCCN2)C1. The number of hydrogen-bond acceptors (Lipinski definition) is 4. The average Bonchev–Trinajstić information content (AvgIpc) is 3.18. The second-order valence-electron chi connectivity index (χ2n) is 6.59. The minimum Gasteiger partial charge on any atom is -0.354 e. The Kier molecular flexibility index (Phi) is 6.87. The van der Waals surface area contributed by atoms with Crippen molar-refractivity contribution in [1.82, 2.24) is 25.1 Å². The number of rotatable bonds is 5. The number of carbonyl (C=O) groups is 1. The second kappa shape index (κ2) is 8.66. The van der Waals surface area contributed by atoms with E-state index in [1.807, 2.05) is 19.4 Å². The second-order valence-corrected chi connectivity index (χ2v) is 6.59. The van der Waals surface area contributed by atoms with Gasteiger partial charge in [-0.25, -0.2) is 4.98 Å². The molecule has 1 aromatic heterocycles. The summed E-state index contributed by atoms with van der Waals surface area (Å²) in [5.74, 6) is 1.85. The van der Waals surface area contributed by atoms with Crippen LogP contribution in [0.25, 0.3) is 0 Å². The van der Waals surface area contributed by atoms with Crippen molar-refractivity contribution in [2.45, 2.75) is 38.3 Å². The van der Waals surface area contributed by atoms with E-state index < -0.39 is 0 Å². The zero-order valence-corrected chi connectivity index (χ0v) is 14.6. The molecule has 7 heteroatoms. The van der Waals surface area contributed by atoms with Gasteiger partial charge in [-0.3, -0.25) is 9.69 Å². The molecule has 3 rings (SSSR count). The molecule has 2 aliphatic heterocycles. The monoisotopic (exact) mass is 341 g/mol. The van der Waals surface area contributed by atoms with Gasteiger partial charge < -0.3 is 15.2 Å². The number of aryl methyl sites for hydroxylation is 1. The maximum Gasteiger partial charge on any atom is 0.237 e. The molecule has 0 spiro atoms. The zero-order chi connectivity index (χ0) is 15.4. The molecule has 130 valence electrons. The molecule has 2 unspecified atom stereocenters. The first-order valence-corrected chi connectivity index (χ1v) is 8.42. The Bertz CT molecular complexity index is 500. The van der Waals surface area contributed by atoms with Crippen LogP contribution in [0, 0.1) is 5.92 Å². The summed E-state index contributed by atoms with van der Waals surface area (Å²) in [5.41, 5.74) is 0. The molecule has 23 heavy (non-hydrogen) atoms. The van der Waals surface area contributed by atoms with Gasteiger partial charge in [0.2, 0.25) is 5.91 Å². The average molecular weight is 342 g/mol. The molecule has 2 N–H and O–H groups in total. The summed E-state index contributed by atoms with van der Waals surface area (Å²) in [6.45, 7) is 4.85. The quantitative estimate of drug-likeness (QED) is 0.836. The van der Waals surface area contributed by atoms with Crippen molar-refractivity contribution in [3.05, 3.63) is 18.2 Å². The van der Waals surface area contributed by atoms with Crippen molar-refractivity contribution in [1.29, 1.82) is 0 Å². The van der Waals surface area contributed by atoms with Gasteiger partial charge in [-0.05, 0) is 44.7 Å². The van der Waals surface area contributed by atoms with Crippen LogP contribution in [0.1, 0.15) is 31.5 Å². The number of likely N-dealkylation sites (tertiary alicyclic amines) is 1. The molecule has 2 saturated heterocycles. The number of carbonyl (C=O) groups excluding carboxylic acids is 1.